The van der Waals surface area contributed by atoms with Crippen LogP contribution in [0.25, 0.3) is 10.9 Å². The van der Waals surface area contributed by atoms with Gasteiger partial charge in [0.05, 0.1) is 30.3 Å². The molecule has 0 atom stereocenters. The Hall–Kier alpha value is -1.40. The molecule has 1 aliphatic heterocycles. The predicted octanol–water partition coefficient (Wildman–Crippen LogP) is 3.70. The summed E-state index contributed by atoms with van der Waals surface area (Å²) < 4.78 is 13.0. The van der Waals surface area contributed by atoms with Crippen molar-refractivity contribution in [2.24, 2.45) is 0 Å². The van der Waals surface area contributed by atoms with Crippen LogP contribution in [0.1, 0.15) is 32.4 Å². The van der Waals surface area contributed by atoms with E-state index in [4.69, 9.17) is 9.47 Å². The van der Waals surface area contributed by atoms with E-state index in [0.29, 0.717) is 13.2 Å². The molecule has 0 radical (unpaired) electrons. The molecule has 1 aromatic heterocycles. The zero-order chi connectivity index (χ0) is 15.2. The molecule has 0 unspecified atom stereocenters. The summed E-state index contributed by atoms with van der Waals surface area (Å²) in [6.07, 6.45) is -0.457. The van der Waals surface area contributed by atoms with Gasteiger partial charge in [0.2, 0.25) is 0 Å². The fraction of sp³-hybridized carbons (Fsp3) is 0.467. The van der Waals surface area contributed by atoms with Crippen molar-refractivity contribution in [1.29, 1.82) is 0 Å². The van der Waals surface area contributed by atoms with Gasteiger partial charge in [-0.15, -0.1) is 0 Å². The van der Waals surface area contributed by atoms with Gasteiger partial charge in [-0.2, -0.15) is 9.78 Å². The van der Waals surface area contributed by atoms with Crippen molar-refractivity contribution in [2.45, 2.75) is 32.3 Å². The van der Waals surface area contributed by atoms with Gasteiger partial charge in [0.15, 0.2) is 0 Å². The molecule has 0 aliphatic carbocycles. The van der Waals surface area contributed by atoms with Gasteiger partial charge in [0.25, 0.3) is 0 Å². The van der Waals surface area contributed by atoms with E-state index in [0.717, 1.165) is 21.1 Å². The lowest BCUT2D eigenvalue weighted by Crippen LogP contribution is -2.29. The second-order valence-corrected chi connectivity index (χ2v) is 7.09. The number of nitrogens with zero attached hydrogens (tertiary/aromatic N) is 2. The van der Waals surface area contributed by atoms with Crippen LogP contribution in [0.3, 0.4) is 0 Å². The molecule has 0 spiro atoms. The van der Waals surface area contributed by atoms with Gasteiger partial charge in [-0.25, -0.2) is 4.79 Å². The summed E-state index contributed by atoms with van der Waals surface area (Å²) in [7, 11) is 0. The van der Waals surface area contributed by atoms with Crippen LogP contribution < -0.4 is 0 Å². The van der Waals surface area contributed by atoms with Crippen LogP contribution in [0, 0.1) is 0 Å². The van der Waals surface area contributed by atoms with E-state index >= 15 is 0 Å². The minimum atomic E-state index is -0.551. The first kappa shape index (κ1) is 14.5. The van der Waals surface area contributed by atoms with Gasteiger partial charge in [-0.3, -0.25) is 0 Å². The van der Waals surface area contributed by atoms with E-state index in [1.807, 2.05) is 39.0 Å². The number of rotatable bonds is 1. The summed E-state index contributed by atoms with van der Waals surface area (Å²) in [5.74, 6) is 0.241. The lowest BCUT2D eigenvalue weighted by atomic mass is 10.0. The average Bonchev–Trinajstić information content (AvgIpc) is 2.64. The molecule has 0 saturated carbocycles. The number of hydrogen-bond donors (Lipinski definition) is 0. The first-order valence-electron chi connectivity index (χ1n) is 6.84. The first-order valence-corrected chi connectivity index (χ1v) is 7.64. The number of ether oxygens (including phenoxy) is 2. The third-order valence-corrected chi connectivity index (χ3v) is 3.75. The topological polar surface area (TPSA) is 53.4 Å². The Labute approximate surface area is 131 Å². The molecule has 3 rings (SSSR count). The highest BCUT2D eigenvalue weighted by atomic mass is 79.9. The first-order chi connectivity index (χ1) is 9.85. The zero-order valence-electron chi connectivity index (χ0n) is 12.2. The number of halogens is 1. The SMILES string of the molecule is CC(C)(C)OC(=O)n1nc(C2COC2)c2cc(Br)ccc21. The molecule has 0 bridgehead atoms. The summed E-state index contributed by atoms with van der Waals surface area (Å²) in [6, 6.07) is 5.75. The van der Waals surface area contributed by atoms with Crippen LogP contribution >= 0.6 is 15.9 Å². The molecule has 2 heterocycles. The minimum absolute atomic E-state index is 0.241. The lowest BCUT2D eigenvalue weighted by Gasteiger charge is -2.24. The summed E-state index contributed by atoms with van der Waals surface area (Å²) in [6.45, 7) is 6.81. The summed E-state index contributed by atoms with van der Waals surface area (Å²) in [5, 5.41) is 5.44. The molecular weight excluding hydrogens is 336 g/mol. The number of fused-ring (bicyclic) bond motifs is 1. The Morgan fingerprint density at radius 1 is 1.43 bits per heavy atom. The van der Waals surface area contributed by atoms with Gasteiger partial charge in [-0.05, 0) is 39.0 Å². The molecule has 0 N–H and O–H groups in total. The quantitative estimate of drug-likeness (QED) is 0.785. The Bertz CT molecular complexity index is 699. The summed E-state index contributed by atoms with van der Waals surface area (Å²) in [4.78, 5) is 12.3. The van der Waals surface area contributed by atoms with Gasteiger partial charge in [0.1, 0.15) is 5.60 Å². The highest BCUT2D eigenvalue weighted by Crippen LogP contribution is 2.32. The predicted molar refractivity (Wildman–Crippen MR) is 82.6 cm³/mol. The van der Waals surface area contributed by atoms with Crippen molar-refractivity contribution < 1.29 is 14.3 Å². The number of carbonyl (C=O) groups is 1. The molecule has 2 aromatic rings. The maximum absolute atomic E-state index is 12.3. The van der Waals surface area contributed by atoms with Crippen molar-refractivity contribution in [3.05, 3.63) is 28.4 Å². The molecule has 0 amide bonds. The number of aromatic nitrogens is 2. The zero-order valence-corrected chi connectivity index (χ0v) is 13.8. The summed E-state index contributed by atoms with van der Waals surface area (Å²) >= 11 is 3.47. The molecule has 5 nitrogen and oxygen atoms in total. The molecular formula is C15H17BrN2O3. The van der Waals surface area contributed by atoms with Crippen LogP contribution in [-0.4, -0.2) is 34.7 Å². The highest BCUT2D eigenvalue weighted by molar-refractivity contribution is 9.10. The van der Waals surface area contributed by atoms with Crippen molar-refractivity contribution in [2.75, 3.05) is 13.2 Å². The van der Waals surface area contributed by atoms with Gasteiger partial charge < -0.3 is 9.47 Å². The monoisotopic (exact) mass is 352 g/mol. The third kappa shape index (κ3) is 2.82. The maximum atomic E-state index is 12.3. The normalized spacial score (nSPS) is 16.0. The molecule has 1 aliphatic rings. The maximum Gasteiger partial charge on any atom is 0.435 e. The van der Waals surface area contributed by atoms with E-state index in [1.165, 1.54) is 4.68 Å². The van der Waals surface area contributed by atoms with Crippen molar-refractivity contribution in [3.8, 4) is 0 Å². The minimum Gasteiger partial charge on any atom is -0.442 e. The van der Waals surface area contributed by atoms with Crippen LogP contribution in [0.4, 0.5) is 4.79 Å². The van der Waals surface area contributed by atoms with Crippen molar-refractivity contribution in [1.82, 2.24) is 9.78 Å². The average molecular weight is 353 g/mol. The molecule has 1 saturated heterocycles. The van der Waals surface area contributed by atoms with Crippen LogP contribution in [-0.2, 0) is 9.47 Å². The van der Waals surface area contributed by atoms with E-state index in [2.05, 4.69) is 21.0 Å². The molecule has 1 aromatic carbocycles. The number of hydrogen-bond acceptors (Lipinski definition) is 4. The van der Waals surface area contributed by atoms with Crippen LogP contribution in [0.5, 0.6) is 0 Å². The molecule has 112 valence electrons. The van der Waals surface area contributed by atoms with E-state index in [9.17, 15) is 4.79 Å². The number of benzene rings is 1. The van der Waals surface area contributed by atoms with Gasteiger partial charge in [-0.1, -0.05) is 15.9 Å². The molecule has 1 fully saturated rings. The van der Waals surface area contributed by atoms with Crippen molar-refractivity contribution >= 4 is 32.9 Å². The standard InChI is InChI=1S/C15H17BrN2O3/c1-15(2,3)21-14(19)18-12-5-4-10(16)6-11(12)13(17-18)9-7-20-8-9/h4-6,9H,7-8H2,1-3H3. The van der Waals surface area contributed by atoms with Gasteiger partial charge in [0, 0.05) is 9.86 Å². The Kier molecular flexibility index (Phi) is 3.53. The summed E-state index contributed by atoms with van der Waals surface area (Å²) in [5.41, 5.74) is 1.10. The van der Waals surface area contributed by atoms with Crippen molar-refractivity contribution in [3.63, 3.8) is 0 Å². The van der Waals surface area contributed by atoms with Gasteiger partial charge >= 0.3 is 6.09 Å². The molecule has 6 heteroatoms. The van der Waals surface area contributed by atoms with E-state index in [-0.39, 0.29) is 5.92 Å². The van der Waals surface area contributed by atoms with Crippen LogP contribution in [0.15, 0.2) is 22.7 Å². The Morgan fingerprint density at radius 3 is 2.71 bits per heavy atom. The Morgan fingerprint density at radius 2 is 2.14 bits per heavy atom. The highest BCUT2D eigenvalue weighted by Gasteiger charge is 2.29. The third-order valence-electron chi connectivity index (χ3n) is 3.26. The molecule has 21 heavy (non-hydrogen) atoms. The largest absolute Gasteiger partial charge is 0.442 e. The fourth-order valence-corrected chi connectivity index (χ4v) is 2.61. The van der Waals surface area contributed by atoms with E-state index < -0.39 is 11.7 Å². The van der Waals surface area contributed by atoms with Crippen LogP contribution in [0.2, 0.25) is 0 Å². The second kappa shape index (κ2) is 5.10. The second-order valence-electron chi connectivity index (χ2n) is 6.17. The van der Waals surface area contributed by atoms with E-state index in [1.54, 1.807) is 0 Å². The smallest absolute Gasteiger partial charge is 0.435 e. The Balaban J connectivity index is 2.08. The lowest BCUT2D eigenvalue weighted by molar-refractivity contribution is 0.00675. The fourth-order valence-electron chi connectivity index (χ4n) is 2.25. The number of carbonyl (C=O) groups excluding carboxylic acids is 1.